The molecule has 3 rings (SSSR count). The third-order valence-corrected chi connectivity index (χ3v) is 3.00. The van der Waals surface area contributed by atoms with E-state index in [0.717, 1.165) is 30.8 Å². The molecule has 0 atom stereocenters. The van der Waals surface area contributed by atoms with E-state index in [0.29, 0.717) is 0 Å². The first-order valence-electron chi connectivity index (χ1n) is 5.50. The Hall–Kier alpha value is -1.61. The van der Waals surface area contributed by atoms with E-state index < -0.39 is 0 Å². The van der Waals surface area contributed by atoms with Crippen molar-refractivity contribution in [3.63, 3.8) is 0 Å². The van der Waals surface area contributed by atoms with E-state index in [1.807, 2.05) is 6.07 Å². The molecule has 82 valence electrons. The Morgan fingerprint density at radius 3 is 2.94 bits per heavy atom. The molecular formula is C13H13FN2. The molecule has 1 aliphatic heterocycles. The van der Waals surface area contributed by atoms with Crippen LogP contribution in [0.1, 0.15) is 11.3 Å². The van der Waals surface area contributed by atoms with Crippen LogP contribution in [-0.4, -0.2) is 11.5 Å². The van der Waals surface area contributed by atoms with Crippen LogP contribution in [0.4, 0.5) is 4.39 Å². The van der Waals surface area contributed by atoms with Crippen LogP contribution in [0.2, 0.25) is 0 Å². The molecule has 1 aliphatic rings. The number of hydrogen-bond donors (Lipinski definition) is 2. The maximum absolute atomic E-state index is 13.1. The van der Waals surface area contributed by atoms with Gasteiger partial charge < -0.3 is 10.3 Å². The Morgan fingerprint density at radius 1 is 1.19 bits per heavy atom. The first-order chi connectivity index (χ1) is 7.83. The molecule has 0 aliphatic carbocycles. The van der Waals surface area contributed by atoms with Gasteiger partial charge in [-0.3, -0.25) is 0 Å². The molecule has 2 N–H and O–H groups in total. The van der Waals surface area contributed by atoms with Crippen LogP contribution in [-0.2, 0) is 13.0 Å². The van der Waals surface area contributed by atoms with Gasteiger partial charge in [-0.2, -0.15) is 0 Å². The SMILES string of the molecule is Fc1cccc(-c2cc3c([nH]2)CNCC3)c1. The number of benzene rings is 1. The van der Waals surface area contributed by atoms with Crippen molar-refractivity contribution in [2.45, 2.75) is 13.0 Å². The van der Waals surface area contributed by atoms with E-state index >= 15 is 0 Å². The third-order valence-electron chi connectivity index (χ3n) is 3.00. The lowest BCUT2D eigenvalue weighted by Crippen LogP contribution is -2.22. The van der Waals surface area contributed by atoms with Crippen molar-refractivity contribution >= 4 is 0 Å². The maximum Gasteiger partial charge on any atom is 0.123 e. The number of aromatic amines is 1. The van der Waals surface area contributed by atoms with Gasteiger partial charge in [0.25, 0.3) is 0 Å². The highest BCUT2D eigenvalue weighted by Crippen LogP contribution is 2.24. The van der Waals surface area contributed by atoms with Crippen molar-refractivity contribution < 1.29 is 4.39 Å². The number of nitrogens with one attached hydrogen (secondary N) is 2. The number of H-pyrrole nitrogens is 1. The first kappa shape index (κ1) is 9.60. The van der Waals surface area contributed by atoms with Gasteiger partial charge in [0.05, 0.1) is 0 Å². The standard InChI is InChI=1S/C13H13FN2/c14-11-3-1-2-9(6-11)12-7-10-4-5-15-8-13(10)16-12/h1-3,6-7,15-16H,4-5,8H2. The second kappa shape index (κ2) is 3.76. The van der Waals surface area contributed by atoms with Gasteiger partial charge in [-0.1, -0.05) is 12.1 Å². The van der Waals surface area contributed by atoms with E-state index in [2.05, 4.69) is 16.4 Å². The van der Waals surface area contributed by atoms with Crippen LogP contribution in [0.5, 0.6) is 0 Å². The van der Waals surface area contributed by atoms with Gasteiger partial charge in [-0.25, -0.2) is 4.39 Å². The molecule has 0 saturated carbocycles. The third kappa shape index (κ3) is 1.63. The molecule has 0 radical (unpaired) electrons. The van der Waals surface area contributed by atoms with Gasteiger partial charge >= 0.3 is 0 Å². The normalized spacial score (nSPS) is 14.8. The predicted molar refractivity (Wildman–Crippen MR) is 61.6 cm³/mol. The number of hydrogen-bond acceptors (Lipinski definition) is 1. The van der Waals surface area contributed by atoms with Crippen molar-refractivity contribution in [3.05, 3.63) is 47.4 Å². The minimum Gasteiger partial charge on any atom is -0.357 e. The molecule has 1 aromatic heterocycles. The summed E-state index contributed by atoms with van der Waals surface area (Å²) in [4.78, 5) is 3.35. The largest absolute Gasteiger partial charge is 0.357 e. The Kier molecular flexibility index (Phi) is 2.26. The summed E-state index contributed by atoms with van der Waals surface area (Å²) >= 11 is 0. The van der Waals surface area contributed by atoms with Crippen molar-refractivity contribution in [1.82, 2.24) is 10.3 Å². The average Bonchev–Trinajstić information content (AvgIpc) is 2.72. The number of halogens is 1. The van der Waals surface area contributed by atoms with E-state index in [9.17, 15) is 4.39 Å². The van der Waals surface area contributed by atoms with Crippen LogP contribution in [0.25, 0.3) is 11.3 Å². The molecule has 1 aromatic carbocycles. The smallest absolute Gasteiger partial charge is 0.123 e. The highest BCUT2D eigenvalue weighted by Gasteiger charge is 2.12. The summed E-state index contributed by atoms with van der Waals surface area (Å²) in [6.45, 7) is 1.90. The second-order valence-corrected chi connectivity index (χ2v) is 4.12. The van der Waals surface area contributed by atoms with Crippen LogP contribution >= 0.6 is 0 Å². The number of rotatable bonds is 1. The molecule has 0 fully saturated rings. The molecular weight excluding hydrogens is 203 g/mol. The lowest BCUT2D eigenvalue weighted by Gasteiger charge is -2.11. The Morgan fingerprint density at radius 2 is 2.12 bits per heavy atom. The molecule has 0 unspecified atom stereocenters. The fourth-order valence-electron chi connectivity index (χ4n) is 2.17. The van der Waals surface area contributed by atoms with Gasteiger partial charge in [-0.05, 0) is 36.7 Å². The van der Waals surface area contributed by atoms with Crippen molar-refractivity contribution in [3.8, 4) is 11.3 Å². The molecule has 16 heavy (non-hydrogen) atoms. The summed E-state index contributed by atoms with van der Waals surface area (Å²) in [5.74, 6) is -0.191. The highest BCUT2D eigenvalue weighted by molar-refractivity contribution is 5.61. The Bertz CT molecular complexity index is 493. The average molecular weight is 216 g/mol. The highest BCUT2D eigenvalue weighted by atomic mass is 19.1. The van der Waals surface area contributed by atoms with Gasteiger partial charge in [0, 0.05) is 23.5 Å². The van der Waals surface area contributed by atoms with E-state index in [-0.39, 0.29) is 5.82 Å². The van der Waals surface area contributed by atoms with Crippen molar-refractivity contribution in [2.24, 2.45) is 0 Å². The topological polar surface area (TPSA) is 27.8 Å². The summed E-state index contributed by atoms with van der Waals surface area (Å²) in [6.07, 6.45) is 1.04. The fraction of sp³-hybridized carbons (Fsp3) is 0.231. The van der Waals surface area contributed by atoms with Gasteiger partial charge in [-0.15, -0.1) is 0 Å². The van der Waals surface area contributed by atoms with Gasteiger partial charge in [0.2, 0.25) is 0 Å². The van der Waals surface area contributed by atoms with E-state index in [1.165, 1.54) is 17.3 Å². The Balaban J connectivity index is 2.03. The molecule has 2 heterocycles. The summed E-state index contributed by atoms with van der Waals surface area (Å²) in [6, 6.07) is 8.82. The van der Waals surface area contributed by atoms with Gasteiger partial charge in [0.15, 0.2) is 0 Å². The lowest BCUT2D eigenvalue weighted by atomic mass is 10.1. The number of fused-ring (bicyclic) bond motifs is 1. The van der Waals surface area contributed by atoms with Gasteiger partial charge in [0.1, 0.15) is 5.82 Å². The zero-order valence-corrected chi connectivity index (χ0v) is 8.89. The van der Waals surface area contributed by atoms with Crippen LogP contribution < -0.4 is 5.32 Å². The summed E-state index contributed by atoms with van der Waals surface area (Å²) in [5, 5.41) is 3.31. The summed E-state index contributed by atoms with van der Waals surface area (Å²) in [7, 11) is 0. The molecule has 2 aromatic rings. The first-order valence-corrected chi connectivity index (χ1v) is 5.50. The number of aromatic nitrogens is 1. The van der Waals surface area contributed by atoms with Crippen LogP contribution in [0.15, 0.2) is 30.3 Å². The Labute approximate surface area is 93.5 Å². The van der Waals surface area contributed by atoms with Crippen LogP contribution in [0, 0.1) is 5.82 Å². The minimum absolute atomic E-state index is 0.191. The van der Waals surface area contributed by atoms with E-state index in [4.69, 9.17) is 0 Å². The molecule has 0 bridgehead atoms. The molecule has 0 spiro atoms. The zero-order valence-electron chi connectivity index (χ0n) is 8.89. The monoisotopic (exact) mass is 216 g/mol. The predicted octanol–water partition coefficient (Wildman–Crippen LogP) is 2.47. The quantitative estimate of drug-likeness (QED) is 0.753. The molecule has 0 amide bonds. The van der Waals surface area contributed by atoms with E-state index in [1.54, 1.807) is 12.1 Å². The molecule has 0 saturated heterocycles. The fourth-order valence-corrected chi connectivity index (χ4v) is 2.17. The molecule has 2 nitrogen and oxygen atoms in total. The van der Waals surface area contributed by atoms with Crippen LogP contribution in [0.3, 0.4) is 0 Å². The lowest BCUT2D eigenvalue weighted by molar-refractivity contribution is 0.628. The van der Waals surface area contributed by atoms with Crippen molar-refractivity contribution in [2.75, 3.05) is 6.54 Å². The zero-order chi connectivity index (χ0) is 11.0. The second-order valence-electron chi connectivity index (χ2n) is 4.12. The summed E-state index contributed by atoms with van der Waals surface area (Å²) < 4.78 is 13.1. The van der Waals surface area contributed by atoms with Crippen molar-refractivity contribution in [1.29, 1.82) is 0 Å². The maximum atomic E-state index is 13.1. The minimum atomic E-state index is -0.191. The summed E-state index contributed by atoms with van der Waals surface area (Å²) in [5.41, 5.74) is 4.49. The molecule has 3 heteroatoms.